The van der Waals surface area contributed by atoms with Gasteiger partial charge in [0.15, 0.2) is 0 Å². The third kappa shape index (κ3) is 1.44. The SMILES string of the molecule is COc1cc2ncn3ncc(CO)c3c2cc1C. The van der Waals surface area contributed by atoms with Crippen LogP contribution in [0.3, 0.4) is 0 Å². The summed E-state index contributed by atoms with van der Waals surface area (Å²) >= 11 is 0. The second-order valence-electron chi connectivity index (χ2n) is 4.20. The van der Waals surface area contributed by atoms with Crippen LogP contribution in [-0.2, 0) is 6.61 Å². The van der Waals surface area contributed by atoms with E-state index in [9.17, 15) is 5.11 Å². The van der Waals surface area contributed by atoms with Crippen molar-refractivity contribution in [2.24, 2.45) is 0 Å². The molecule has 1 N–H and O–H groups in total. The number of fused-ring (bicyclic) bond motifs is 3. The van der Waals surface area contributed by atoms with Crippen LogP contribution in [-0.4, -0.2) is 26.8 Å². The first-order valence-corrected chi connectivity index (χ1v) is 5.65. The Balaban J connectivity index is 2.45. The number of aliphatic hydroxyl groups excluding tert-OH is 1. The van der Waals surface area contributed by atoms with Gasteiger partial charge in [0.1, 0.15) is 12.1 Å². The van der Waals surface area contributed by atoms with Crippen molar-refractivity contribution >= 4 is 16.4 Å². The van der Waals surface area contributed by atoms with Gasteiger partial charge in [-0.1, -0.05) is 0 Å². The predicted molar refractivity (Wildman–Crippen MR) is 67.7 cm³/mol. The molecule has 0 aliphatic carbocycles. The molecule has 0 fully saturated rings. The van der Waals surface area contributed by atoms with E-state index in [1.54, 1.807) is 24.1 Å². The second-order valence-corrected chi connectivity index (χ2v) is 4.20. The third-order valence-corrected chi connectivity index (χ3v) is 3.12. The molecule has 0 aliphatic rings. The maximum Gasteiger partial charge on any atom is 0.123 e. The van der Waals surface area contributed by atoms with Crippen molar-refractivity contribution in [1.82, 2.24) is 14.6 Å². The van der Waals surface area contributed by atoms with Crippen LogP contribution in [0.1, 0.15) is 11.1 Å². The zero-order chi connectivity index (χ0) is 12.7. The summed E-state index contributed by atoms with van der Waals surface area (Å²) in [6.07, 6.45) is 3.31. The van der Waals surface area contributed by atoms with Gasteiger partial charge in [0.2, 0.25) is 0 Å². The molecular weight excluding hydrogens is 230 g/mol. The maximum absolute atomic E-state index is 9.36. The molecule has 0 saturated heterocycles. The fourth-order valence-corrected chi connectivity index (χ4v) is 2.21. The molecule has 3 aromatic rings. The zero-order valence-corrected chi connectivity index (χ0v) is 10.2. The molecule has 5 nitrogen and oxygen atoms in total. The molecule has 0 saturated carbocycles. The Morgan fingerprint density at radius 3 is 2.94 bits per heavy atom. The van der Waals surface area contributed by atoms with Gasteiger partial charge in [0, 0.05) is 17.0 Å². The first-order valence-electron chi connectivity index (χ1n) is 5.65. The molecule has 2 heterocycles. The lowest BCUT2D eigenvalue weighted by atomic mass is 10.1. The highest BCUT2D eigenvalue weighted by Gasteiger charge is 2.10. The number of aliphatic hydroxyl groups is 1. The predicted octanol–water partition coefficient (Wildman–Crippen LogP) is 1.69. The van der Waals surface area contributed by atoms with E-state index in [-0.39, 0.29) is 6.61 Å². The summed E-state index contributed by atoms with van der Waals surface area (Å²) in [7, 11) is 1.64. The quantitative estimate of drug-likeness (QED) is 0.744. The van der Waals surface area contributed by atoms with Gasteiger partial charge in [-0.3, -0.25) is 0 Å². The van der Waals surface area contributed by atoms with Crippen LogP contribution < -0.4 is 4.74 Å². The summed E-state index contributed by atoms with van der Waals surface area (Å²) in [6.45, 7) is 1.95. The van der Waals surface area contributed by atoms with Crippen molar-refractivity contribution in [2.75, 3.05) is 7.11 Å². The van der Waals surface area contributed by atoms with Gasteiger partial charge in [0.25, 0.3) is 0 Å². The Kier molecular flexibility index (Phi) is 2.41. The first kappa shape index (κ1) is 11.0. The minimum absolute atomic E-state index is 0.0340. The van der Waals surface area contributed by atoms with Crippen LogP contribution in [0.15, 0.2) is 24.7 Å². The molecule has 0 aliphatic heterocycles. The van der Waals surface area contributed by atoms with E-state index in [2.05, 4.69) is 10.1 Å². The Hall–Kier alpha value is -2.14. The molecular formula is C13H13N3O2. The average Bonchev–Trinajstić information content (AvgIpc) is 2.81. The van der Waals surface area contributed by atoms with E-state index in [1.165, 1.54) is 0 Å². The number of hydrogen-bond donors (Lipinski definition) is 1. The summed E-state index contributed by atoms with van der Waals surface area (Å²) in [5, 5.41) is 14.5. The Labute approximate surface area is 104 Å². The zero-order valence-electron chi connectivity index (χ0n) is 10.2. The van der Waals surface area contributed by atoms with Gasteiger partial charge in [-0.25, -0.2) is 9.50 Å². The molecule has 3 rings (SSSR count). The molecule has 2 aromatic heterocycles. The number of aromatic nitrogens is 3. The fraction of sp³-hybridized carbons (Fsp3) is 0.231. The van der Waals surface area contributed by atoms with Crippen LogP contribution in [0, 0.1) is 6.92 Å². The number of nitrogens with zero attached hydrogens (tertiary/aromatic N) is 3. The number of benzene rings is 1. The monoisotopic (exact) mass is 243 g/mol. The highest BCUT2D eigenvalue weighted by molar-refractivity contribution is 5.96. The van der Waals surface area contributed by atoms with E-state index in [0.29, 0.717) is 0 Å². The van der Waals surface area contributed by atoms with E-state index >= 15 is 0 Å². The lowest BCUT2D eigenvalue weighted by Gasteiger charge is -2.07. The van der Waals surface area contributed by atoms with Gasteiger partial charge in [-0.15, -0.1) is 0 Å². The molecule has 0 atom stereocenters. The lowest BCUT2D eigenvalue weighted by Crippen LogP contribution is -1.94. The summed E-state index contributed by atoms with van der Waals surface area (Å²) < 4.78 is 6.97. The molecule has 18 heavy (non-hydrogen) atoms. The second kappa shape index (κ2) is 3.96. The molecule has 92 valence electrons. The highest BCUT2D eigenvalue weighted by Crippen LogP contribution is 2.28. The molecule has 0 radical (unpaired) electrons. The van der Waals surface area contributed by atoms with Gasteiger partial charge >= 0.3 is 0 Å². The van der Waals surface area contributed by atoms with Crippen molar-refractivity contribution in [1.29, 1.82) is 0 Å². The number of rotatable bonds is 2. The largest absolute Gasteiger partial charge is 0.496 e. The summed E-state index contributed by atoms with van der Waals surface area (Å²) in [4.78, 5) is 4.35. The van der Waals surface area contributed by atoms with E-state index in [1.807, 2.05) is 19.1 Å². The third-order valence-electron chi connectivity index (χ3n) is 3.12. The molecule has 0 spiro atoms. The highest BCUT2D eigenvalue weighted by atomic mass is 16.5. The van der Waals surface area contributed by atoms with Crippen LogP contribution in [0.4, 0.5) is 0 Å². The van der Waals surface area contributed by atoms with Crippen molar-refractivity contribution < 1.29 is 9.84 Å². The minimum atomic E-state index is -0.0340. The topological polar surface area (TPSA) is 59.7 Å². The number of hydrogen-bond acceptors (Lipinski definition) is 4. The van der Waals surface area contributed by atoms with Gasteiger partial charge in [-0.2, -0.15) is 5.10 Å². The standard InChI is InChI=1S/C13H13N3O2/c1-8-3-10-11(4-12(8)18-2)14-7-16-13(10)9(6-17)5-15-16/h3-5,7,17H,6H2,1-2H3. The van der Waals surface area contributed by atoms with Gasteiger partial charge in [0.05, 0.1) is 30.9 Å². The van der Waals surface area contributed by atoms with Crippen molar-refractivity contribution in [2.45, 2.75) is 13.5 Å². The van der Waals surface area contributed by atoms with Crippen LogP contribution in [0.5, 0.6) is 5.75 Å². The summed E-state index contributed by atoms with van der Waals surface area (Å²) in [5.41, 5.74) is 3.56. The molecule has 5 heteroatoms. The van der Waals surface area contributed by atoms with Gasteiger partial charge < -0.3 is 9.84 Å². The van der Waals surface area contributed by atoms with E-state index < -0.39 is 0 Å². The molecule has 0 unspecified atom stereocenters. The van der Waals surface area contributed by atoms with Crippen molar-refractivity contribution in [3.8, 4) is 5.75 Å². The van der Waals surface area contributed by atoms with Crippen LogP contribution in [0.25, 0.3) is 16.4 Å². The number of methoxy groups -OCH3 is 1. The fourth-order valence-electron chi connectivity index (χ4n) is 2.21. The van der Waals surface area contributed by atoms with Crippen molar-refractivity contribution in [3.05, 3.63) is 35.8 Å². The molecule has 0 bridgehead atoms. The smallest absolute Gasteiger partial charge is 0.123 e. The van der Waals surface area contributed by atoms with Crippen LogP contribution >= 0.6 is 0 Å². The molecule has 1 aromatic carbocycles. The van der Waals surface area contributed by atoms with Crippen LogP contribution in [0.2, 0.25) is 0 Å². The maximum atomic E-state index is 9.36. The minimum Gasteiger partial charge on any atom is -0.496 e. The van der Waals surface area contributed by atoms with Gasteiger partial charge in [-0.05, 0) is 18.6 Å². The van der Waals surface area contributed by atoms with E-state index in [0.717, 1.165) is 33.3 Å². The first-order chi connectivity index (χ1) is 8.74. The summed E-state index contributed by atoms with van der Waals surface area (Å²) in [5.74, 6) is 0.810. The summed E-state index contributed by atoms with van der Waals surface area (Å²) in [6, 6.07) is 3.91. The Morgan fingerprint density at radius 1 is 1.39 bits per heavy atom. The van der Waals surface area contributed by atoms with E-state index in [4.69, 9.17) is 4.74 Å². The average molecular weight is 243 g/mol. The lowest BCUT2D eigenvalue weighted by molar-refractivity contribution is 0.283. The Morgan fingerprint density at radius 2 is 2.22 bits per heavy atom. The Bertz CT molecular complexity index is 734. The number of ether oxygens (including phenoxy) is 1. The molecule has 0 amide bonds. The normalized spacial score (nSPS) is 11.3. The number of aryl methyl sites for hydroxylation is 1. The van der Waals surface area contributed by atoms with Crippen molar-refractivity contribution in [3.63, 3.8) is 0 Å².